The van der Waals surface area contributed by atoms with Gasteiger partial charge in [-0.05, 0) is 6.42 Å². The normalized spacial score (nSPS) is 17.8. The highest BCUT2D eigenvalue weighted by atomic mass is 16.5. The topological polar surface area (TPSA) is 21.7 Å². The molecule has 3 nitrogen and oxygen atoms in total. The van der Waals surface area contributed by atoms with Crippen LogP contribution in [-0.4, -0.2) is 51.0 Å². The molecule has 96 valence electrons. The molecule has 0 spiro atoms. The highest BCUT2D eigenvalue weighted by Gasteiger charge is 2.08. The second-order valence-corrected chi connectivity index (χ2v) is 4.48. The number of unbranched alkanes of at least 4 members (excludes halogenated alkanes) is 4. The summed E-state index contributed by atoms with van der Waals surface area (Å²) in [5.41, 5.74) is 0. The van der Waals surface area contributed by atoms with E-state index in [1.807, 2.05) is 0 Å². The first-order chi connectivity index (χ1) is 7.93. The Morgan fingerprint density at radius 2 is 1.75 bits per heavy atom. The lowest BCUT2D eigenvalue weighted by Crippen LogP contribution is -2.38. The van der Waals surface area contributed by atoms with Gasteiger partial charge in [0.1, 0.15) is 0 Å². The summed E-state index contributed by atoms with van der Waals surface area (Å²) < 4.78 is 10.9. The zero-order valence-electron chi connectivity index (χ0n) is 10.7. The first kappa shape index (κ1) is 13.9. The average Bonchev–Trinajstić information content (AvgIpc) is 2.34. The summed E-state index contributed by atoms with van der Waals surface area (Å²) in [4.78, 5) is 2.42. The lowest BCUT2D eigenvalue weighted by Gasteiger charge is -2.26. The fourth-order valence-electron chi connectivity index (χ4n) is 1.93. The van der Waals surface area contributed by atoms with Crippen molar-refractivity contribution in [1.82, 2.24) is 4.90 Å². The van der Waals surface area contributed by atoms with Crippen LogP contribution < -0.4 is 0 Å². The van der Waals surface area contributed by atoms with E-state index in [9.17, 15) is 0 Å². The number of nitrogens with zero attached hydrogens (tertiary/aromatic N) is 1. The molecule has 0 aromatic heterocycles. The van der Waals surface area contributed by atoms with Gasteiger partial charge in [0.2, 0.25) is 0 Å². The van der Waals surface area contributed by atoms with Crippen LogP contribution in [0.4, 0.5) is 0 Å². The molecule has 0 atom stereocenters. The van der Waals surface area contributed by atoms with Gasteiger partial charge in [0.15, 0.2) is 0 Å². The number of hydrogen-bond donors (Lipinski definition) is 0. The third-order valence-corrected chi connectivity index (χ3v) is 3.05. The molecule has 1 rings (SSSR count). The van der Waals surface area contributed by atoms with Crippen LogP contribution in [0, 0.1) is 0 Å². The maximum Gasteiger partial charge on any atom is 0.0594 e. The van der Waals surface area contributed by atoms with Crippen molar-refractivity contribution < 1.29 is 9.47 Å². The minimum atomic E-state index is 0.883. The third kappa shape index (κ3) is 7.20. The maximum absolute atomic E-state index is 5.63. The Kier molecular flexibility index (Phi) is 8.77. The number of hydrogen-bond acceptors (Lipinski definition) is 3. The summed E-state index contributed by atoms with van der Waals surface area (Å²) >= 11 is 0. The molecule has 1 heterocycles. The van der Waals surface area contributed by atoms with Crippen molar-refractivity contribution in [1.29, 1.82) is 0 Å². The SMILES string of the molecule is CCCCCCCOCCN1CCOCC1. The van der Waals surface area contributed by atoms with Gasteiger partial charge in [-0.2, -0.15) is 0 Å². The van der Waals surface area contributed by atoms with E-state index >= 15 is 0 Å². The van der Waals surface area contributed by atoms with Crippen LogP contribution in [0.25, 0.3) is 0 Å². The lowest BCUT2D eigenvalue weighted by atomic mass is 10.2. The van der Waals surface area contributed by atoms with Crippen LogP contribution >= 0.6 is 0 Å². The van der Waals surface area contributed by atoms with Gasteiger partial charge in [-0.3, -0.25) is 4.90 Å². The number of rotatable bonds is 9. The molecular weight excluding hydrogens is 202 g/mol. The van der Waals surface area contributed by atoms with Crippen molar-refractivity contribution in [3.05, 3.63) is 0 Å². The molecule has 0 aliphatic carbocycles. The molecule has 0 radical (unpaired) electrons. The van der Waals surface area contributed by atoms with Crippen LogP contribution in [0.15, 0.2) is 0 Å². The fraction of sp³-hybridized carbons (Fsp3) is 1.00. The summed E-state index contributed by atoms with van der Waals surface area (Å²) in [6, 6.07) is 0. The minimum Gasteiger partial charge on any atom is -0.380 e. The van der Waals surface area contributed by atoms with Gasteiger partial charge in [-0.25, -0.2) is 0 Å². The van der Waals surface area contributed by atoms with Crippen LogP contribution in [-0.2, 0) is 9.47 Å². The van der Waals surface area contributed by atoms with E-state index in [2.05, 4.69) is 11.8 Å². The summed E-state index contributed by atoms with van der Waals surface area (Å²) in [5.74, 6) is 0. The molecule has 1 aliphatic rings. The molecule has 1 fully saturated rings. The molecule has 0 amide bonds. The minimum absolute atomic E-state index is 0.883. The summed E-state index contributed by atoms with van der Waals surface area (Å²) in [7, 11) is 0. The Balaban J connectivity index is 1.77. The highest BCUT2D eigenvalue weighted by molar-refractivity contribution is 4.60. The molecule has 0 aromatic rings. The van der Waals surface area contributed by atoms with Gasteiger partial charge in [-0.15, -0.1) is 0 Å². The third-order valence-electron chi connectivity index (χ3n) is 3.05. The van der Waals surface area contributed by atoms with E-state index in [-0.39, 0.29) is 0 Å². The molecule has 16 heavy (non-hydrogen) atoms. The predicted molar refractivity (Wildman–Crippen MR) is 66.8 cm³/mol. The summed E-state index contributed by atoms with van der Waals surface area (Å²) in [6.07, 6.45) is 6.60. The molecule has 0 unspecified atom stereocenters. The fourth-order valence-corrected chi connectivity index (χ4v) is 1.93. The highest BCUT2D eigenvalue weighted by Crippen LogP contribution is 2.02. The van der Waals surface area contributed by atoms with Crippen molar-refractivity contribution in [2.75, 3.05) is 46.1 Å². The Morgan fingerprint density at radius 1 is 1.00 bits per heavy atom. The zero-order chi connectivity index (χ0) is 11.5. The average molecular weight is 229 g/mol. The molecule has 0 saturated carbocycles. The van der Waals surface area contributed by atoms with Crippen molar-refractivity contribution in [2.24, 2.45) is 0 Å². The standard InChI is InChI=1S/C13H27NO2/c1-2-3-4-5-6-10-15-11-7-14-8-12-16-13-9-14/h2-13H2,1H3. The molecular formula is C13H27NO2. The Bertz CT molecular complexity index is 147. The molecule has 0 bridgehead atoms. The van der Waals surface area contributed by atoms with E-state index in [0.29, 0.717) is 0 Å². The maximum atomic E-state index is 5.63. The van der Waals surface area contributed by atoms with Crippen LogP contribution in [0.3, 0.4) is 0 Å². The van der Waals surface area contributed by atoms with Crippen molar-refractivity contribution in [3.63, 3.8) is 0 Å². The quantitative estimate of drug-likeness (QED) is 0.566. The number of morpholine rings is 1. The van der Waals surface area contributed by atoms with Crippen molar-refractivity contribution in [3.8, 4) is 0 Å². The van der Waals surface area contributed by atoms with Gasteiger partial charge in [0.05, 0.1) is 19.8 Å². The first-order valence-electron chi connectivity index (χ1n) is 6.81. The molecule has 1 saturated heterocycles. The molecule has 0 N–H and O–H groups in total. The van der Waals surface area contributed by atoms with Crippen LogP contribution in [0.1, 0.15) is 39.0 Å². The van der Waals surface area contributed by atoms with Gasteiger partial charge in [0.25, 0.3) is 0 Å². The lowest BCUT2D eigenvalue weighted by molar-refractivity contribution is 0.0200. The van der Waals surface area contributed by atoms with Gasteiger partial charge >= 0.3 is 0 Å². The predicted octanol–water partition coefficient (Wildman–Crippen LogP) is 2.31. The molecule has 0 aromatic carbocycles. The number of ether oxygens (including phenoxy) is 2. The van der Waals surface area contributed by atoms with Crippen molar-refractivity contribution >= 4 is 0 Å². The Hall–Kier alpha value is -0.120. The second kappa shape index (κ2) is 10.1. The zero-order valence-corrected chi connectivity index (χ0v) is 10.7. The summed E-state index contributed by atoms with van der Waals surface area (Å²) in [6.45, 7) is 9.05. The van der Waals surface area contributed by atoms with Gasteiger partial charge in [0, 0.05) is 26.2 Å². The van der Waals surface area contributed by atoms with Crippen LogP contribution in [0.5, 0.6) is 0 Å². The summed E-state index contributed by atoms with van der Waals surface area (Å²) in [5, 5.41) is 0. The van der Waals surface area contributed by atoms with Crippen LogP contribution in [0.2, 0.25) is 0 Å². The largest absolute Gasteiger partial charge is 0.380 e. The van der Waals surface area contributed by atoms with E-state index in [4.69, 9.17) is 9.47 Å². The first-order valence-corrected chi connectivity index (χ1v) is 6.81. The van der Waals surface area contributed by atoms with Crippen molar-refractivity contribution in [2.45, 2.75) is 39.0 Å². The molecule has 1 aliphatic heterocycles. The van der Waals surface area contributed by atoms with E-state index in [1.165, 1.54) is 32.1 Å². The smallest absolute Gasteiger partial charge is 0.0594 e. The van der Waals surface area contributed by atoms with E-state index < -0.39 is 0 Å². The monoisotopic (exact) mass is 229 g/mol. The second-order valence-electron chi connectivity index (χ2n) is 4.48. The van der Waals surface area contributed by atoms with E-state index in [0.717, 1.165) is 46.1 Å². The van der Waals surface area contributed by atoms with Gasteiger partial charge in [-0.1, -0.05) is 32.6 Å². The molecule has 3 heteroatoms. The van der Waals surface area contributed by atoms with Gasteiger partial charge < -0.3 is 9.47 Å². The Labute approximate surface area is 100 Å². The Morgan fingerprint density at radius 3 is 2.50 bits per heavy atom. The van der Waals surface area contributed by atoms with E-state index in [1.54, 1.807) is 0 Å².